The van der Waals surface area contributed by atoms with Crippen LogP contribution >= 0.6 is 0 Å². The van der Waals surface area contributed by atoms with Crippen LogP contribution in [0.5, 0.6) is 0 Å². The number of hydrogen-bond acceptors (Lipinski definition) is 4. The number of rotatable bonds is 2. The van der Waals surface area contributed by atoms with E-state index < -0.39 is 35.4 Å². The predicted molar refractivity (Wildman–Crippen MR) is 105 cm³/mol. The third kappa shape index (κ3) is 2.22. The fourth-order valence-corrected chi connectivity index (χ4v) is 5.23. The number of quaternary nitrogens is 1. The Kier molecular flexibility index (Phi) is 3.72. The SMILES string of the molecule is Cc1ccc(N2C(=O)[C@@H]3[C@H]([C@@H](C)O)[NH2+][C@@]4(C(=O)Nc5ccccc54)[C@@H]3C2=O)cc1. The molecule has 3 aliphatic heterocycles. The van der Waals surface area contributed by atoms with Crippen LogP contribution in [0, 0.1) is 18.8 Å². The lowest BCUT2D eigenvalue weighted by Crippen LogP contribution is -3.00. The summed E-state index contributed by atoms with van der Waals surface area (Å²) in [5.74, 6) is -2.72. The summed E-state index contributed by atoms with van der Waals surface area (Å²) >= 11 is 0. The van der Waals surface area contributed by atoms with E-state index in [1.165, 1.54) is 4.90 Å². The predicted octanol–water partition coefficient (Wildman–Crippen LogP) is 0.275. The number of nitrogens with two attached hydrogens (primary N) is 1. The number of nitrogens with zero attached hydrogens (tertiary/aromatic N) is 1. The zero-order chi connectivity index (χ0) is 20.5. The molecule has 0 aliphatic carbocycles. The molecule has 7 nitrogen and oxygen atoms in total. The van der Waals surface area contributed by atoms with Crippen molar-refractivity contribution < 1.29 is 24.8 Å². The van der Waals surface area contributed by atoms with Crippen LogP contribution in [0.2, 0.25) is 0 Å². The molecule has 2 saturated heterocycles. The Labute approximate surface area is 167 Å². The number of amides is 3. The number of anilines is 2. The van der Waals surface area contributed by atoms with Crippen LogP contribution in [-0.4, -0.2) is 35.0 Å². The number of hydrogen-bond donors (Lipinski definition) is 3. The first-order valence-corrected chi connectivity index (χ1v) is 9.76. The molecule has 0 unspecified atom stereocenters. The highest BCUT2D eigenvalue weighted by Gasteiger charge is 2.75. The van der Waals surface area contributed by atoms with Gasteiger partial charge in [0, 0.05) is 5.56 Å². The summed E-state index contributed by atoms with van der Waals surface area (Å²) in [4.78, 5) is 41.4. The van der Waals surface area contributed by atoms with Crippen LogP contribution in [-0.2, 0) is 19.9 Å². The van der Waals surface area contributed by atoms with E-state index in [0.717, 1.165) is 5.56 Å². The summed E-state index contributed by atoms with van der Waals surface area (Å²) < 4.78 is 0. The van der Waals surface area contributed by atoms with E-state index in [1.807, 2.05) is 37.3 Å². The van der Waals surface area contributed by atoms with Crippen molar-refractivity contribution in [2.75, 3.05) is 10.2 Å². The molecule has 5 rings (SSSR count). The fraction of sp³-hybridized carbons (Fsp3) is 0.318. The zero-order valence-corrected chi connectivity index (χ0v) is 16.1. The van der Waals surface area contributed by atoms with Crippen LogP contribution in [0.3, 0.4) is 0 Å². The van der Waals surface area contributed by atoms with Crippen LogP contribution < -0.4 is 15.5 Å². The second kappa shape index (κ2) is 5.98. The van der Waals surface area contributed by atoms with Gasteiger partial charge in [-0.25, -0.2) is 4.90 Å². The quantitative estimate of drug-likeness (QED) is 0.639. The van der Waals surface area contributed by atoms with Crippen LogP contribution in [0.1, 0.15) is 18.1 Å². The molecule has 3 aliphatic rings. The molecular formula is C22H22N3O4+. The topological polar surface area (TPSA) is 103 Å². The zero-order valence-electron chi connectivity index (χ0n) is 16.1. The van der Waals surface area contributed by atoms with Gasteiger partial charge < -0.3 is 15.7 Å². The molecule has 3 amide bonds. The maximum absolute atomic E-state index is 13.6. The van der Waals surface area contributed by atoms with E-state index in [0.29, 0.717) is 16.9 Å². The first-order valence-electron chi connectivity index (χ1n) is 9.76. The van der Waals surface area contributed by atoms with Gasteiger partial charge in [-0.2, -0.15) is 0 Å². The fourth-order valence-electron chi connectivity index (χ4n) is 5.23. The molecule has 148 valence electrons. The highest BCUT2D eigenvalue weighted by Crippen LogP contribution is 2.50. The van der Waals surface area contributed by atoms with E-state index in [-0.39, 0.29) is 11.8 Å². The molecule has 3 heterocycles. The van der Waals surface area contributed by atoms with Gasteiger partial charge in [0.05, 0.1) is 11.4 Å². The highest BCUT2D eigenvalue weighted by atomic mass is 16.3. The van der Waals surface area contributed by atoms with Crippen LogP contribution in [0.4, 0.5) is 11.4 Å². The van der Waals surface area contributed by atoms with Crippen LogP contribution in [0.25, 0.3) is 0 Å². The van der Waals surface area contributed by atoms with Gasteiger partial charge in [-0.3, -0.25) is 14.4 Å². The largest absolute Gasteiger partial charge is 0.387 e. The molecule has 4 N–H and O–H groups in total. The maximum atomic E-state index is 13.6. The Hall–Kier alpha value is -3.03. The van der Waals surface area contributed by atoms with Crippen molar-refractivity contribution in [3.8, 4) is 0 Å². The summed E-state index contributed by atoms with van der Waals surface area (Å²) in [6, 6.07) is 13.8. The molecule has 2 fully saturated rings. The number of imide groups is 1. The Bertz CT molecular complexity index is 1050. The Morgan fingerprint density at radius 1 is 1.07 bits per heavy atom. The standard InChI is InChI=1S/C22H21N3O4/c1-11-7-9-13(10-8-11)25-19(27)16-17(20(25)28)22(24-18(16)12(2)26)14-5-3-4-6-15(14)23-21(22)29/h3-10,12,16-18,24,26H,1-2H3,(H,23,29)/p+1/t12-,16+,17+,18+,22-/m1/s1. The molecule has 29 heavy (non-hydrogen) atoms. The van der Waals surface area contributed by atoms with E-state index in [1.54, 1.807) is 30.4 Å². The molecular weight excluding hydrogens is 370 g/mol. The molecule has 0 aromatic heterocycles. The first-order chi connectivity index (χ1) is 13.9. The van der Waals surface area contributed by atoms with E-state index in [4.69, 9.17) is 0 Å². The second-order valence-electron chi connectivity index (χ2n) is 8.20. The van der Waals surface area contributed by atoms with Crippen molar-refractivity contribution in [2.24, 2.45) is 11.8 Å². The van der Waals surface area contributed by atoms with Gasteiger partial charge >= 0.3 is 0 Å². The van der Waals surface area contributed by atoms with Crippen molar-refractivity contribution in [3.05, 3.63) is 59.7 Å². The maximum Gasteiger partial charge on any atom is 0.291 e. The van der Waals surface area contributed by atoms with Crippen molar-refractivity contribution in [3.63, 3.8) is 0 Å². The number of benzene rings is 2. The lowest BCUT2D eigenvalue weighted by atomic mass is 9.76. The molecule has 0 bridgehead atoms. The average molecular weight is 392 g/mol. The molecule has 0 radical (unpaired) electrons. The Morgan fingerprint density at radius 2 is 1.76 bits per heavy atom. The summed E-state index contributed by atoms with van der Waals surface area (Å²) in [5, 5.41) is 15.0. The number of aryl methyl sites for hydroxylation is 1. The minimum Gasteiger partial charge on any atom is -0.387 e. The van der Waals surface area contributed by atoms with Gasteiger partial charge in [-0.05, 0) is 32.0 Å². The van der Waals surface area contributed by atoms with Gasteiger partial charge in [0.15, 0.2) is 0 Å². The van der Waals surface area contributed by atoms with Crippen LogP contribution in [0.15, 0.2) is 48.5 Å². The van der Waals surface area contributed by atoms with Gasteiger partial charge in [-0.15, -0.1) is 0 Å². The molecule has 0 saturated carbocycles. The molecule has 5 atom stereocenters. The number of fused-ring (bicyclic) bond motifs is 4. The summed E-state index contributed by atoms with van der Waals surface area (Å²) in [5.41, 5.74) is 1.59. The number of para-hydroxylation sites is 1. The van der Waals surface area contributed by atoms with Crippen molar-refractivity contribution in [1.82, 2.24) is 0 Å². The lowest BCUT2D eigenvalue weighted by Gasteiger charge is -2.27. The Balaban J connectivity index is 1.68. The number of aliphatic hydroxyl groups is 1. The third-order valence-electron chi connectivity index (χ3n) is 6.56. The van der Waals surface area contributed by atoms with E-state index in [9.17, 15) is 19.5 Å². The average Bonchev–Trinajstić information content (AvgIpc) is 3.28. The molecule has 2 aromatic rings. The smallest absolute Gasteiger partial charge is 0.291 e. The van der Waals surface area contributed by atoms with E-state index >= 15 is 0 Å². The molecule has 2 aromatic carbocycles. The van der Waals surface area contributed by atoms with Gasteiger partial charge in [0.25, 0.3) is 5.91 Å². The third-order valence-corrected chi connectivity index (χ3v) is 6.56. The first kappa shape index (κ1) is 18.0. The van der Waals surface area contributed by atoms with E-state index in [2.05, 4.69) is 5.32 Å². The van der Waals surface area contributed by atoms with Crippen molar-refractivity contribution in [1.29, 1.82) is 0 Å². The monoisotopic (exact) mass is 392 g/mol. The minimum atomic E-state index is -1.25. The van der Waals surface area contributed by atoms with Gasteiger partial charge in [0.1, 0.15) is 24.0 Å². The van der Waals surface area contributed by atoms with Crippen molar-refractivity contribution in [2.45, 2.75) is 31.5 Å². The van der Waals surface area contributed by atoms with Gasteiger partial charge in [-0.1, -0.05) is 35.9 Å². The normalized spacial score (nSPS) is 31.2. The number of carbonyl (C=O) groups is 3. The number of carbonyl (C=O) groups excluding carboxylic acids is 3. The summed E-state index contributed by atoms with van der Waals surface area (Å²) in [7, 11) is 0. The molecule has 1 spiro atoms. The minimum absolute atomic E-state index is 0.316. The molecule has 7 heteroatoms. The highest BCUT2D eigenvalue weighted by molar-refractivity contribution is 6.25. The van der Waals surface area contributed by atoms with Gasteiger partial charge in [0.2, 0.25) is 17.4 Å². The van der Waals surface area contributed by atoms with Crippen molar-refractivity contribution >= 4 is 29.1 Å². The number of nitrogens with one attached hydrogen (secondary N) is 1. The lowest BCUT2D eigenvalue weighted by molar-refractivity contribution is -0.738. The summed E-state index contributed by atoms with van der Waals surface area (Å²) in [6.07, 6.45) is -0.864. The summed E-state index contributed by atoms with van der Waals surface area (Å²) in [6.45, 7) is 3.53. The Morgan fingerprint density at radius 3 is 2.45 bits per heavy atom. The number of aliphatic hydroxyl groups excluding tert-OH is 1. The second-order valence-corrected chi connectivity index (χ2v) is 8.20.